The van der Waals surface area contributed by atoms with E-state index < -0.39 is 23.9 Å². The Kier molecular flexibility index (Phi) is 10.3. The largest absolute Gasteiger partial charge is 0.497 e. The Balaban J connectivity index is 1.50. The van der Waals surface area contributed by atoms with Crippen molar-refractivity contribution in [2.24, 2.45) is 0 Å². The maximum atomic E-state index is 6.69. The number of hydrogen-bond donors (Lipinski definition) is 0. The predicted molar refractivity (Wildman–Crippen MR) is 145 cm³/mol. The van der Waals surface area contributed by atoms with Crippen LogP contribution in [0.1, 0.15) is 23.6 Å². The molecule has 1 heterocycles. The fourth-order valence-corrected chi connectivity index (χ4v) is 4.67. The summed E-state index contributed by atoms with van der Waals surface area (Å²) >= 11 is 6.69. The lowest BCUT2D eigenvalue weighted by Crippen LogP contribution is -2.57. The van der Waals surface area contributed by atoms with Crippen LogP contribution in [0.25, 0.3) is 0 Å². The van der Waals surface area contributed by atoms with Crippen molar-refractivity contribution in [2.75, 3.05) is 21.3 Å². The molecule has 0 saturated carbocycles. The number of rotatable bonds is 12. The Morgan fingerprint density at radius 1 is 0.553 bits per heavy atom. The van der Waals surface area contributed by atoms with Crippen molar-refractivity contribution in [1.29, 1.82) is 0 Å². The van der Waals surface area contributed by atoms with Crippen LogP contribution in [0.4, 0.5) is 0 Å². The van der Waals surface area contributed by atoms with Gasteiger partial charge < -0.3 is 33.2 Å². The van der Waals surface area contributed by atoms with Gasteiger partial charge in [-0.15, -0.1) is 0 Å². The molecule has 0 bridgehead atoms. The number of methoxy groups -OCH3 is 3. The third-order valence-corrected chi connectivity index (χ3v) is 6.87. The highest BCUT2D eigenvalue weighted by Crippen LogP contribution is 2.32. The van der Waals surface area contributed by atoms with Crippen molar-refractivity contribution in [2.45, 2.75) is 56.7 Å². The molecule has 0 aromatic heterocycles. The van der Waals surface area contributed by atoms with Crippen LogP contribution in [-0.2, 0) is 38.8 Å². The van der Waals surface area contributed by atoms with Gasteiger partial charge >= 0.3 is 0 Å². The van der Waals surface area contributed by atoms with Gasteiger partial charge in [0, 0.05) is 0 Å². The van der Waals surface area contributed by atoms with Gasteiger partial charge in [0.05, 0.1) is 47.3 Å². The van der Waals surface area contributed by atoms with E-state index in [0.717, 1.165) is 33.9 Å². The smallest absolute Gasteiger partial charge is 0.160 e. The van der Waals surface area contributed by atoms with Crippen LogP contribution in [0.15, 0.2) is 72.8 Å². The van der Waals surface area contributed by atoms with Gasteiger partial charge in [0.1, 0.15) is 35.6 Å². The van der Waals surface area contributed by atoms with Gasteiger partial charge in [-0.25, -0.2) is 0 Å². The van der Waals surface area contributed by atoms with Gasteiger partial charge in [-0.2, -0.15) is 0 Å². The summed E-state index contributed by atoms with van der Waals surface area (Å²) in [6, 6.07) is 23.2. The van der Waals surface area contributed by atoms with E-state index in [2.05, 4.69) is 0 Å². The first kappa shape index (κ1) is 28.2. The van der Waals surface area contributed by atoms with Crippen LogP contribution in [-0.4, -0.2) is 51.3 Å². The van der Waals surface area contributed by atoms with E-state index in [1.54, 1.807) is 21.3 Å². The van der Waals surface area contributed by atoms with E-state index in [9.17, 15) is 0 Å². The first-order valence-electron chi connectivity index (χ1n) is 12.5. The molecule has 204 valence electrons. The van der Waals surface area contributed by atoms with E-state index in [-0.39, 0.29) is 6.10 Å². The average Bonchev–Trinajstić information content (AvgIpc) is 2.96. The van der Waals surface area contributed by atoms with Crippen LogP contribution < -0.4 is 14.2 Å². The van der Waals surface area contributed by atoms with Crippen molar-refractivity contribution in [3.05, 3.63) is 89.5 Å². The van der Waals surface area contributed by atoms with Gasteiger partial charge in [-0.3, -0.25) is 0 Å². The predicted octanol–water partition coefficient (Wildman–Crippen LogP) is 5.75. The summed E-state index contributed by atoms with van der Waals surface area (Å²) in [5, 5.41) is 0. The summed E-state index contributed by atoms with van der Waals surface area (Å²) in [5.74, 6) is 2.36. The molecule has 38 heavy (non-hydrogen) atoms. The Morgan fingerprint density at radius 2 is 0.895 bits per heavy atom. The third kappa shape index (κ3) is 7.40. The lowest BCUT2D eigenvalue weighted by Gasteiger charge is -2.43. The monoisotopic (exact) mass is 542 g/mol. The molecule has 0 aliphatic carbocycles. The number of halogens is 1. The van der Waals surface area contributed by atoms with E-state index in [1.807, 2.05) is 79.7 Å². The Hall–Kier alpha value is -2.81. The molecule has 3 aromatic carbocycles. The molecule has 7 nitrogen and oxygen atoms in total. The SMILES string of the molecule is COc1ccc(CO[C@@H]2[C@H](OCc3ccc(OC)cc3)[C@H](C)O[C@@H](Cl)[C@H]2OCc2ccc(OC)cc2)cc1. The molecule has 0 spiro atoms. The fraction of sp³-hybridized carbons (Fsp3) is 0.400. The molecule has 1 fully saturated rings. The Morgan fingerprint density at radius 3 is 1.26 bits per heavy atom. The minimum absolute atomic E-state index is 0.308. The van der Waals surface area contributed by atoms with Gasteiger partial charge in [-0.1, -0.05) is 48.0 Å². The Bertz CT molecular complexity index is 1040. The number of hydrogen-bond acceptors (Lipinski definition) is 7. The molecule has 0 N–H and O–H groups in total. The molecular formula is C30H35ClO7. The molecule has 1 saturated heterocycles. The second-order valence-corrected chi connectivity index (χ2v) is 9.49. The van der Waals surface area contributed by atoms with Gasteiger partial charge in [-0.05, 0) is 60.0 Å². The molecule has 0 amide bonds. The highest BCUT2D eigenvalue weighted by molar-refractivity contribution is 6.20. The Labute approximate surface area is 229 Å². The highest BCUT2D eigenvalue weighted by atomic mass is 35.5. The summed E-state index contributed by atoms with van der Waals surface area (Å²) in [5.41, 5.74) is 2.29. The van der Waals surface area contributed by atoms with E-state index in [4.69, 9.17) is 44.8 Å². The standard InChI is InChI=1S/C30H35ClO7/c1-20-27(35-17-21-5-11-24(32-2)12-6-21)28(36-18-22-7-13-25(33-3)14-8-22)29(30(31)38-20)37-19-23-9-15-26(34-4)16-10-23/h5-16,20,27-30H,17-19H2,1-4H3/t20-,27+,28+,29-,30+/m0/s1. The van der Waals surface area contributed by atoms with E-state index in [1.165, 1.54) is 0 Å². The maximum absolute atomic E-state index is 6.69. The molecule has 3 aromatic rings. The zero-order valence-electron chi connectivity index (χ0n) is 22.2. The van der Waals surface area contributed by atoms with Crippen molar-refractivity contribution < 1.29 is 33.2 Å². The second kappa shape index (κ2) is 13.8. The van der Waals surface area contributed by atoms with Gasteiger partial charge in [0.15, 0.2) is 5.56 Å². The first-order valence-corrected chi connectivity index (χ1v) is 13.0. The number of ether oxygens (including phenoxy) is 7. The van der Waals surface area contributed by atoms with Crippen LogP contribution in [0.5, 0.6) is 17.2 Å². The number of alkyl halides is 1. The molecule has 0 unspecified atom stereocenters. The minimum Gasteiger partial charge on any atom is -0.497 e. The lowest BCUT2D eigenvalue weighted by molar-refractivity contribution is -0.244. The van der Waals surface area contributed by atoms with Gasteiger partial charge in [0.2, 0.25) is 0 Å². The molecule has 4 rings (SSSR count). The third-order valence-electron chi connectivity index (χ3n) is 6.52. The van der Waals surface area contributed by atoms with Gasteiger partial charge in [0.25, 0.3) is 0 Å². The quantitative estimate of drug-likeness (QED) is 0.270. The first-order chi connectivity index (χ1) is 18.5. The van der Waals surface area contributed by atoms with E-state index in [0.29, 0.717) is 19.8 Å². The van der Waals surface area contributed by atoms with Crippen molar-refractivity contribution in [3.8, 4) is 17.2 Å². The van der Waals surface area contributed by atoms with Crippen LogP contribution >= 0.6 is 11.6 Å². The maximum Gasteiger partial charge on any atom is 0.160 e. The highest BCUT2D eigenvalue weighted by Gasteiger charge is 2.46. The second-order valence-electron chi connectivity index (χ2n) is 9.06. The fourth-order valence-electron chi connectivity index (χ4n) is 4.30. The van der Waals surface area contributed by atoms with Crippen molar-refractivity contribution >= 4 is 11.6 Å². The molecule has 1 aliphatic rings. The van der Waals surface area contributed by atoms with Crippen molar-refractivity contribution in [1.82, 2.24) is 0 Å². The normalized spacial score (nSPS) is 23.1. The molecule has 8 heteroatoms. The zero-order chi connectivity index (χ0) is 26.9. The topological polar surface area (TPSA) is 64.6 Å². The zero-order valence-corrected chi connectivity index (χ0v) is 22.9. The van der Waals surface area contributed by atoms with E-state index >= 15 is 0 Å². The minimum atomic E-state index is -0.704. The molecule has 0 radical (unpaired) electrons. The van der Waals surface area contributed by atoms with Crippen LogP contribution in [0.2, 0.25) is 0 Å². The lowest BCUT2D eigenvalue weighted by atomic mass is 9.99. The van der Waals surface area contributed by atoms with Crippen LogP contribution in [0.3, 0.4) is 0 Å². The summed E-state index contributed by atoms with van der Waals surface area (Å²) in [4.78, 5) is 0. The molecule has 1 aliphatic heterocycles. The van der Waals surface area contributed by atoms with Crippen molar-refractivity contribution in [3.63, 3.8) is 0 Å². The van der Waals surface area contributed by atoms with Crippen LogP contribution in [0, 0.1) is 0 Å². The molecular weight excluding hydrogens is 508 g/mol. The summed E-state index contributed by atoms with van der Waals surface area (Å²) in [7, 11) is 4.93. The summed E-state index contributed by atoms with van der Waals surface area (Å²) in [6.07, 6.45) is -1.75. The summed E-state index contributed by atoms with van der Waals surface area (Å²) < 4.78 is 41.0. The summed E-state index contributed by atoms with van der Waals surface area (Å²) in [6.45, 7) is 3.01. The average molecular weight is 543 g/mol. The molecule has 5 atom stereocenters. The number of benzene rings is 3.